The number of thioether (sulfide) groups is 1. The van der Waals surface area contributed by atoms with Crippen molar-refractivity contribution in [3.05, 3.63) is 64.2 Å². The van der Waals surface area contributed by atoms with Gasteiger partial charge < -0.3 is 41.2 Å². The van der Waals surface area contributed by atoms with Crippen molar-refractivity contribution in [2.24, 2.45) is 11.7 Å². The molecule has 6 N–H and O–H groups in total. The number of methoxy groups -OCH3 is 1. The number of esters is 1. The Bertz CT molecular complexity index is 1590. The summed E-state index contributed by atoms with van der Waals surface area (Å²) < 4.78 is 15.2. The first-order valence-electron chi connectivity index (χ1n) is 18.6. The minimum Gasteiger partial charge on any atom is -0.469 e. The maximum absolute atomic E-state index is 13.3. The van der Waals surface area contributed by atoms with Gasteiger partial charge in [-0.2, -0.15) is 11.8 Å². The summed E-state index contributed by atoms with van der Waals surface area (Å²) in [5.41, 5.74) is 10.3. The van der Waals surface area contributed by atoms with Gasteiger partial charge in [0.05, 0.1) is 26.3 Å². The van der Waals surface area contributed by atoms with Gasteiger partial charge in [0.15, 0.2) is 0 Å². The first kappa shape index (κ1) is 46.5. The normalized spacial score (nSPS) is 12.5. The molecule has 304 valence electrons. The maximum atomic E-state index is 13.3. The molecule has 0 saturated carbocycles. The van der Waals surface area contributed by atoms with Crippen molar-refractivity contribution in [2.45, 2.75) is 97.7 Å². The third-order valence-corrected chi connectivity index (χ3v) is 9.53. The summed E-state index contributed by atoms with van der Waals surface area (Å²) in [6.07, 6.45) is 4.09. The van der Waals surface area contributed by atoms with Crippen LogP contribution in [0.1, 0.15) is 73.8 Å². The smallest absolute Gasteiger partial charge is 0.469 e. The van der Waals surface area contributed by atoms with Crippen LogP contribution in [0.25, 0.3) is 0 Å². The number of carbonyl (C=O) groups excluding carboxylic acids is 6. The lowest BCUT2D eigenvalue weighted by Gasteiger charge is -2.23. The van der Waals surface area contributed by atoms with E-state index in [1.807, 2.05) is 71.2 Å². The largest absolute Gasteiger partial charge is 0.513 e. The van der Waals surface area contributed by atoms with Crippen LogP contribution in [0.15, 0.2) is 36.4 Å². The molecule has 4 amide bonds. The fraction of sp³-hybridized carbons (Fsp3) is 0.550. The standard InChI is InChI=1S/C40H59N5O9S/c1-25(2)24-53-40(51)54-34-20-26(3)30(27(4)28(34)5)22-31(41)37(48)45-32(17-19-55-7)38(49)43-23-35(46)44-33(21-29-14-10-8-11-15-29)39(50)42-18-13-9-12-16-36(47)52-6/h8,10-11,14-15,20,25,31-33H,9,12-13,16-19,21-24,41H2,1-7H3,(H,42,50)(H,43,49)(H,44,46)(H,45,48)/t31?,32-,33+/m1/s1. The van der Waals surface area contributed by atoms with Gasteiger partial charge in [0.1, 0.15) is 17.8 Å². The molecule has 0 radical (unpaired) electrons. The van der Waals surface area contributed by atoms with E-state index >= 15 is 0 Å². The molecule has 2 rings (SSSR count). The highest BCUT2D eigenvalue weighted by molar-refractivity contribution is 7.98. The van der Waals surface area contributed by atoms with E-state index < -0.39 is 48.5 Å². The third kappa shape index (κ3) is 17.2. The fourth-order valence-electron chi connectivity index (χ4n) is 5.57. The third-order valence-electron chi connectivity index (χ3n) is 8.88. The molecule has 0 aliphatic carbocycles. The first-order valence-corrected chi connectivity index (χ1v) is 20.0. The second kappa shape index (κ2) is 24.7. The second-order valence-corrected chi connectivity index (χ2v) is 14.8. The van der Waals surface area contributed by atoms with Crippen LogP contribution in [-0.2, 0) is 46.3 Å². The fourth-order valence-corrected chi connectivity index (χ4v) is 6.04. The van der Waals surface area contributed by atoms with Crippen LogP contribution >= 0.6 is 11.8 Å². The molecule has 0 aliphatic rings. The summed E-state index contributed by atoms with van der Waals surface area (Å²) in [7, 11) is 1.34. The van der Waals surface area contributed by atoms with E-state index in [0.29, 0.717) is 49.3 Å². The second-order valence-electron chi connectivity index (χ2n) is 13.8. The molecular formula is C40H59N5O9S. The lowest BCUT2D eigenvalue weighted by atomic mass is 9.92. The first-order chi connectivity index (χ1) is 26.2. The Labute approximate surface area is 329 Å². The highest BCUT2D eigenvalue weighted by Gasteiger charge is 2.27. The molecule has 2 aromatic rings. The number of hydrogen-bond acceptors (Lipinski definition) is 11. The molecule has 0 fully saturated rings. The zero-order chi connectivity index (χ0) is 40.9. The molecule has 0 aliphatic heterocycles. The molecule has 0 aromatic heterocycles. The summed E-state index contributed by atoms with van der Waals surface area (Å²) in [5, 5.41) is 10.9. The van der Waals surface area contributed by atoms with E-state index in [9.17, 15) is 28.8 Å². The molecule has 14 nitrogen and oxygen atoms in total. The van der Waals surface area contributed by atoms with Crippen LogP contribution in [-0.4, -0.2) is 92.7 Å². The van der Waals surface area contributed by atoms with Crippen molar-refractivity contribution >= 4 is 47.5 Å². The molecule has 3 atom stereocenters. The van der Waals surface area contributed by atoms with Crippen LogP contribution in [0.2, 0.25) is 0 Å². The minimum atomic E-state index is -1.00. The number of ether oxygens (including phenoxy) is 3. The van der Waals surface area contributed by atoms with Crippen molar-refractivity contribution < 1.29 is 43.0 Å². The number of amides is 4. The quantitative estimate of drug-likeness (QED) is 0.0626. The van der Waals surface area contributed by atoms with Gasteiger partial charge >= 0.3 is 12.1 Å². The van der Waals surface area contributed by atoms with Gasteiger partial charge in [0, 0.05) is 19.4 Å². The number of nitrogens with one attached hydrogen (secondary N) is 4. The molecule has 55 heavy (non-hydrogen) atoms. The summed E-state index contributed by atoms with van der Waals surface area (Å²) in [6, 6.07) is 8.09. The van der Waals surface area contributed by atoms with E-state index in [-0.39, 0.29) is 37.2 Å². The highest BCUT2D eigenvalue weighted by Crippen LogP contribution is 2.29. The summed E-state index contributed by atoms with van der Waals surface area (Å²) in [5.74, 6) is -1.25. The maximum Gasteiger partial charge on any atom is 0.513 e. The van der Waals surface area contributed by atoms with Crippen molar-refractivity contribution in [1.82, 2.24) is 21.3 Å². The number of unbranched alkanes of at least 4 members (excludes halogenated alkanes) is 2. The monoisotopic (exact) mass is 785 g/mol. The molecule has 0 heterocycles. The van der Waals surface area contributed by atoms with Crippen LogP contribution in [0.3, 0.4) is 0 Å². The van der Waals surface area contributed by atoms with E-state index in [1.54, 1.807) is 6.07 Å². The van der Waals surface area contributed by atoms with Gasteiger partial charge in [0.25, 0.3) is 0 Å². The Morgan fingerprint density at radius 1 is 0.836 bits per heavy atom. The topological polar surface area (TPSA) is 204 Å². The van der Waals surface area contributed by atoms with Crippen LogP contribution in [0.4, 0.5) is 4.79 Å². The zero-order valence-corrected chi connectivity index (χ0v) is 34.0. The lowest BCUT2D eigenvalue weighted by molar-refractivity contribution is -0.140. The molecular weight excluding hydrogens is 727 g/mol. The SMILES string of the molecule is COC(=O)CCCCCNC(=O)[C@H](Cc1ccccc1)NC(=O)CNC(=O)[C@@H](CCSC)NC(=O)C(N)Cc1c(C)cc(OC(=O)OCC(C)C)c(C)c1C. The van der Waals surface area contributed by atoms with E-state index in [1.165, 1.54) is 18.9 Å². The molecule has 1 unspecified atom stereocenters. The van der Waals surface area contributed by atoms with Crippen molar-refractivity contribution in [2.75, 3.05) is 38.8 Å². The number of aryl methyl sites for hydroxylation is 1. The Kier molecular flexibility index (Phi) is 20.9. The van der Waals surface area contributed by atoms with Crippen LogP contribution in [0.5, 0.6) is 5.75 Å². The Morgan fingerprint density at radius 3 is 2.18 bits per heavy atom. The Hall–Kier alpha value is -4.63. The van der Waals surface area contributed by atoms with E-state index in [4.69, 9.17) is 15.2 Å². The Morgan fingerprint density at radius 2 is 1.53 bits per heavy atom. The predicted octanol–water partition coefficient (Wildman–Crippen LogP) is 3.58. The van der Waals surface area contributed by atoms with Gasteiger partial charge in [0.2, 0.25) is 23.6 Å². The number of rotatable bonds is 23. The number of benzene rings is 2. The van der Waals surface area contributed by atoms with E-state index in [0.717, 1.165) is 28.7 Å². The Balaban J connectivity index is 2.02. The number of nitrogens with two attached hydrogens (primary N) is 1. The van der Waals surface area contributed by atoms with Crippen LogP contribution < -0.4 is 31.7 Å². The average Bonchev–Trinajstić information content (AvgIpc) is 3.16. The highest BCUT2D eigenvalue weighted by atomic mass is 32.2. The average molecular weight is 786 g/mol. The molecule has 2 aromatic carbocycles. The predicted molar refractivity (Wildman–Crippen MR) is 213 cm³/mol. The summed E-state index contributed by atoms with van der Waals surface area (Å²) in [4.78, 5) is 76.4. The van der Waals surface area contributed by atoms with Gasteiger partial charge in [-0.15, -0.1) is 0 Å². The summed E-state index contributed by atoms with van der Waals surface area (Å²) in [6.45, 7) is 9.53. The van der Waals surface area contributed by atoms with Crippen molar-refractivity contribution in [3.63, 3.8) is 0 Å². The van der Waals surface area contributed by atoms with Crippen LogP contribution in [0, 0.1) is 26.7 Å². The molecule has 0 saturated heterocycles. The molecule has 0 spiro atoms. The van der Waals surface area contributed by atoms with Gasteiger partial charge in [-0.1, -0.05) is 50.6 Å². The molecule has 0 bridgehead atoms. The number of carbonyl (C=O) groups is 6. The van der Waals surface area contributed by atoms with Gasteiger partial charge in [-0.05, 0) is 98.3 Å². The van der Waals surface area contributed by atoms with Gasteiger partial charge in [-0.3, -0.25) is 24.0 Å². The van der Waals surface area contributed by atoms with Gasteiger partial charge in [-0.25, -0.2) is 4.79 Å². The number of hydrogen-bond donors (Lipinski definition) is 5. The lowest BCUT2D eigenvalue weighted by Crippen LogP contribution is -2.54. The van der Waals surface area contributed by atoms with Crippen molar-refractivity contribution in [3.8, 4) is 5.75 Å². The zero-order valence-electron chi connectivity index (χ0n) is 33.2. The van der Waals surface area contributed by atoms with Crippen molar-refractivity contribution in [1.29, 1.82) is 0 Å². The molecule has 15 heteroatoms. The van der Waals surface area contributed by atoms with E-state index in [2.05, 4.69) is 26.0 Å². The summed E-state index contributed by atoms with van der Waals surface area (Å²) >= 11 is 1.50. The minimum absolute atomic E-state index is 0.162.